The third kappa shape index (κ3) is 1.92. The Labute approximate surface area is 79.2 Å². The Balaban J connectivity index is 2.86. The number of aliphatic hydroxyl groups is 1. The lowest BCUT2D eigenvalue weighted by molar-refractivity contribution is 0.292. The Morgan fingerprint density at radius 2 is 2.46 bits per heavy atom. The van der Waals surface area contributed by atoms with Crippen LogP contribution in [0.4, 0.5) is 0 Å². The summed E-state index contributed by atoms with van der Waals surface area (Å²) < 4.78 is 0. The van der Waals surface area contributed by atoms with Gasteiger partial charge in [-0.25, -0.2) is 0 Å². The molecule has 0 amide bonds. The van der Waals surface area contributed by atoms with E-state index in [0.717, 1.165) is 18.4 Å². The zero-order valence-corrected chi connectivity index (χ0v) is 8.17. The first-order valence-electron chi connectivity index (χ1n) is 4.57. The van der Waals surface area contributed by atoms with Gasteiger partial charge in [0.05, 0.1) is 11.8 Å². The highest BCUT2D eigenvalue weighted by atomic mass is 16.3. The Morgan fingerprint density at radius 3 is 2.85 bits per heavy atom. The van der Waals surface area contributed by atoms with E-state index in [2.05, 4.69) is 13.0 Å². The second kappa shape index (κ2) is 3.66. The summed E-state index contributed by atoms with van der Waals surface area (Å²) in [5, 5.41) is 18.1. The molecule has 0 aromatic heterocycles. The summed E-state index contributed by atoms with van der Waals surface area (Å²) in [6.07, 6.45) is 6.02. The van der Waals surface area contributed by atoms with Crippen LogP contribution in [0.25, 0.3) is 0 Å². The van der Waals surface area contributed by atoms with Gasteiger partial charge in [0.1, 0.15) is 0 Å². The Bertz CT molecular complexity index is 296. The van der Waals surface area contributed by atoms with Crippen molar-refractivity contribution in [3.05, 3.63) is 23.5 Å². The van der Waals surface area contributed by atoms with Crippen molar-refractivity contribution in [2.75, 3.05) is 0 Å². The van der Waals surface area contributed by atoms with Crippen LogP contribution in [-0.2, 0) is 0 Å². The van der Waals surface area contributed by atoms with E-state index in [-0.39, 0.29) is 5.41 Å². The normalized spacial score (nSPS) is 29.3. The van der Waals surface area contributed by atoms with Crippen molar-refractivity contribution in [2.45, 2.75) is 33.1 Å². The van der Waals surface area contributed by atoms with Crippen LogP contribution in [0, 0.1) is 16.7 Å². The van der Waals surface area contributed by atoms with Gasteiger partial charge in [-0.05, 0) is 25.8 Å². The van der Waals surface area contributed by atoms with E-state index in [1.54, 1.807) is 0 Å². The number of nitriles is 1. The van der Waals surface area contributed by atoms with Gasteiger partial charge in [-0.15, -0.1) is 0 Å². The van der Waals surface area contributed by atoms with Gasteiger partial charge >= 0.3 is 0 Å². The zero-order chi connectivity index (χ0) is 9.90. The van der Waals surface area contributed by atoms with Crippen molar-refractivity contribution in [1.82, 2.24) is 0 Å². The molecule has 1 atom stereocenters. The van der Waals surface area contributed by atoms with Gasteiger partial charge in [0, 0.05) is 17.4 Å². The number of hydrogen-bond donors (Lipinski definition) is 1. The van der Waals surface area contributed by atoms with Gasteiger partial charge in [0.2, 0.25) is 0 Å². The van der Waals surface area contributed by atoms with Gasteiger partial charge in [-0.2, -0.15) is 5.26 Å². The Kier molecular flexibility index (Phi) is 2.77. The molecule has 0 aromatic rings. The molecule has 0 heterocycles. The molecule has 0 unspecified atom stereocenters. The summed E-state index contributed by atoms with van der Waals surface area (Å²) in [5.74, 6) is 0.464. The van der Waals surface area contributed by atoms with Gasteiger partial charge in [0.25, 0.3) is 0 Å². The average molecular weight is 177 g/mol. The predicted molar refractivity (Wildman–Crippen MR) is 52.0 cm³/mol. The number of aliphatic hydroxyl groups excluding tert-OH is 1. The molecule has 0 aromatic carbocycles. The second-order valence-corrected chi connectivity index (χ2v) is 3.77. The number of rotatable bonds is 1. The Hall–Kier alpha value is -1.23. The van der Waals surface area contributed by atoms with Crippen molar-refractivity contribution in [3.63, 3.8) is 0 Å². The molecular formula is C11H15NO. The quantitative estimate of drug-likeness (QED) is 0.625. The molecule has 13 heavy (non-hydrogen) atoms. The van der Waals surface area contributed by atoms with Crippen LogP contribution in [0.2, 0.25) is 0 Å². The molecule has 1 aliphatic rings. The molecule has 0 radical (unpaired) electrons. The first-order valence-corrected chi connectivity index (χ1v) is 4.57. The summed E-state index contributed by atoms with van der Waals surface area (Å²) in [4.78, 5) is 0. The number of allylic oxidation sites excluding steroid dienone is 4. The van der Waals surface area contributed by atoms with Gasteiger partial charge in [-0.3, -0.25) is 0 Å². The molecule has 0 bridgehead atoms. The summed E-state index contributed by atoms with van der Waals surface area (Å²) >= 11 is 0. The first-order chi connectivity index (χ1) is 6.12. The van der Waals surface area contributed by atoms with Crippen LogP contribution in [0.3, 0.4) is 0 Å². The minimum absolute atomic E-state index is 0.0598. The lowest BCUT2D eigenvalue weighted by Gasteiger charge is -2.30. The molecule has 2 heteroatoms. The number of nitrogens with zero attached hydrogens (tertiary/aromatic N) is 1. The maximum absolute atomic E-state index is 9.23. The van der Waals surface area contributed by atoms with Crippen LogP contribution in [0.15, 0.2) is 23.5 Å². The van der Waals surface area contributed by atoms with Crippen molar-refractivity contribution in [3.8, 4) is 6.07 Å². The van der Waals surface area contributed by atoms with Crippen molar-refractivity contribution in [1.29, 1.82) is 5.26 Å². The molecule has 70 valence electrons. The van der Waals surface area contributed by atoms with Gasteiger partial charge in [-0.1, -0.05) is 13.0 Å². The largest absolute Gasteiger partial charge is 0.513 e. The molecule has 0 fully saturated rings. The smallest absolute Gasteiger partial charge is 0.0949 e. The van der Waals surface area contributed by atoms with E-state index in [4.69, 9.17) is 5.26 Å². The highest BCUT2D eigenvalue weighted by molar-refractivity contribution is 5.30. The summed E-state index contributed by atoms with van der Waals surface area (Å²) in [6, 6.07) is 2.23. The standard InChI is InChI=1S/C11H15NO/c1-3-9(8-12)11(2)6-4-10(13)5-7-11/h3-4,13H,5-7H2,1-2H3/t11-/m1/s1. The fourth-order valence-corrected chi connectivity index (χ4v) is 1.74. The average Bonchev–Trinajstić information content (AvgIpc) is 2.13. The molecule has 1 rings (SSSR count). The third-order valence-electron chi connectivity index (χ3n) is 2.78. The van der Waals surface area contributed by atoms with Gasteiger partial charge < -0.3 is 5.11 Å². The molecule has 2 nitrogen and oxygen atoms in total. The van der Waals surface area contributed by atoms with E-state index in [9.17, 15) is 5.11 Å². The maximum atomic E-state index is 9.23. The zero-order valence-electron chi connectivity index (χ0n) is 8.17. The van der Waals surface area contributed by atoms with Crippen LogP contribution in [0.5, 0.6) is 0 Å². The minimum atomic E-state index is -0.0598. The SMILES string of the molecule is CC=C(C#N)[C@]1(C)CC=C(O)CC1. The van der Waals surface area contributed by atoms with Crippen molar-refractivity contribution >= 4 is 0 Å². The topological polar surface area (TPSA) is 44.0 Å². The van der Waals surface area contributed by atoms with Crippen molar-refractivity contribution < 1.29 is 5.11 Å². The van der Waals surface area contributed by atoms with Crippen LogP contribution in [0.1, 0.15) is 33.1 Å². The van der Waals surface area contributed by atoms with E-state index in [1.165, 1.54) is 0 Å². The molecule has 0 saturated heterocycles. The molecule has 1 aliphatic carbocycles. The Morgan fingerprint density at radius 1 is 1.77 bits per heavy atom. The van der Waals surface area contributed by atoms with E-state index in [0.29, 0.717) is 12.2 Å². The molecular weight excluding hydrogens is 162 g/mol. The van der Waals surface area contributed by atoms with Gasteiger partial charge in [0.15, 0.2) is 0 Å². The molecule has 0 saturated carbocycles. The minimum Gasteiger partial charge on any atom is -0.513 e. The second-order valence-electron chi connectivity index (χ2n) is 3.77. The molecule has 1 N–H and O–H groups in total. The van der Waals surface area contributed by atoms with E-state index in [1.807, 2.05) is 19.1 Å². The molecule has 0 aliphatic heterocycles. The monoisotopic (exact) mass is 177 g/mol. The maximum Gasteiger partial charge on any atom is 0.0949 e. The lowest BCUT2D eigenvalue weighted by atomic mass is 9.73. The highest BCUT2D eigenvalue weighted by Gasteiger charge is 2.30. The predicted octanol–water partition coefficient (Wildman–Crippen LogP) is 3.09. The summed E-state index contributed by atoms with van der Waals surface area (Å²) in [6.45, 7) is 3.97. The first kappa shape index (κ1) is 9.85. The van der Waals surface area contributed by atoms with Crippen LogP contribution >= 0.6 is 0 Å². The highest BCUT2D eigenvalue weighted by Crippen LogP contribution is 2.40. The summed E-state index contributed by atoms with van der Waals surface area (Å²) in [7, 11) is 0. The fraction of sp³-hybridized carbons (Fsp3) is 0.545. The number of hydrogen-bond acceptors (Lipinski definition) is 2. The van der Waals surface area contributed by atoms with Crippen LogP contribution < -0.4 is 0 Å². The fourth-order valence-electron chi connectivity index (χ4n) is 1.74. The van der Waals surface area contributed by atoms with E-state index >= 15 is 0 Å². The lowest BCUT2D eigenvalue weighted by Crippen LogP contribution is -2.21. The third-order valence-corrected chi connectivity index (χ3v) is 2.78. The van der Waals surface area contributed by atoms with E-state index < -0.39 is 0 Å². The molecule has 0 spiro atoms. The summed E-state index contributed by atoms with van der Waals surface area (Å²) in [5.41, 5.74) is 0.770. The van der Waals surface area contributed by atoms with Crippen molar-refractivity contribution in [2.24, 2.45) is 5.41 Å². The van der Waals surface area contributed by atoms with Crippen LogP contribution in [-0.4, -0.2) is 5.11 Å².